The van der Waals surface area contributed by atoms with E-state index < -0.39 is 0 Å². The molecule has 1 N–H and O–H groups in total. The lowest BCUT2D eigenvalue weighted by molar-refractivity contribution is -0.123. The molecule has 3 aliphatic rings. The van der Waals surface area contributed by atoms with Gasteiger partial charge in [-0.1, -0.05) is 11.6 Å². The van der Waals surface area contributed by atoms with E-state index in [1.54, 1.807) is 18.2 Å². The molecule has 4 heterocycles. The Morgan fingerprint density at radius 1 is 1.06 bits per heavy atom. The molecule has 2 amide bonds. The third kappa shape index (κ3) is 4.36. The molecule has 2 bridgehead atoms. The van der Waals surface area contributed by atoms with E-state index in [2.05, 4.69) is 16.3 Å². The summed E-state index contributed by atoms with van der Waals surface area (Å²) in [6.45, 7) is 1.47. The fourth-order valence-electron chi connectivity index (χ4n) is 5.12. The summed E-state index contributed by atoms with van der Waals surface area (Å²) in [7, 11) is 2.00. The standard InChI is InChI=1S/C26H29ClN6O3/c1-31-11-9-28-24(34)15-36-22-8-7-17(27)12-18(22)26(35)32-10-3-2-4-21(32)20-13-23-29-19(16-5-6-16)14-25(31)33(23)30-20/h7-8,12-14,16,21H,2-6,9-11,15H2,1H3,(H,28,34). The number of benzene rings is 1. The van der Waals surface area contributed by atoms with Crippen molar-refractivity contribution < 1.29 is 14.3 Å². The lowest BCUT2D eigenvalue weighted by Gasteiger charge is -2.35. The Morgan fingerprint density at radius 3 is 2.75 bits per heavy atom. The van der Waals surface area contributed by atoms with Gasteiger partial charge in [-0.3, -0.25) is 9.59 Å². The predicted molar refractivity (Wildman–Crippen MR) is 136 cm³/mol. The van der Waals surface area contributed by atoms with Crippen molar-refractivity contribution in [2.75, 3.05) is 38.2 Å². The molecule has 9 nitrogen and oxygen atoms in total. The van der Waals surface area contributed by atoms with Crippen molar-refractivity contribution in [1.82, 2.24) is 24.8 Å². The van der Waals surface area contributed by atoms with Crippen LogP contribution in [0.1, 0.15) is 65.8 Å². The fraction of sp³-hybridized carbons (Fsp3) is 0.462. The van der Waals surface area contributed by atoms with Crippen LogP contribution in [0.2, 0.25) is 5.02 Å². The highest BCUT2D eigenvalue weighted by molar-refractivity contribution is 6.31. The van der Waals surface area contributed by atoms with E-state index >= 15 is 0 Å². The summed E-state index contributed by atoms with van der Waals surface area (Å²) in [4.78, 5) is 35.2. The van der Waals surface area contributed by atoms with Gasteiger partial charge in [-0.05, 0) is 50.3 Å². The van der Waals surface area contributed by atoms with Crippen molar-refractivity contribution >= 4 is 34.9 Å². The van der Waals surface area contributed by atoms with Gasteiger partial charge in [-0.25, -0.2) is 4.98 Å². The maximum atomic E-state index is 13.9. The molecule has 1 saturated heterocycles. The van der Waals surface area contributed by atoms with Crippen LogP contribution in [0.4, 0.5) is 5.82 Å². The molecule has 1 aliphatic carbocycles. The average Bonchev–Trinajstić information content (AvgIpc) is 3.65. The van der Waals surface area contributed by atoms with E-state index in [9.17, 15) is 9.59 Å². The first-order valence-corrected chi connectivity index (χ1v) is 13.0. The topological polar surface area (TPSA) is 92.1 Å². The summed E-state index contributed by atoms with van der Waals surface area (Å²) < 4.78 is 7.67. The second kappa shape index (κ2) is 9.28. The zero-order valence-electron chi connectivity index (χ0n) is 20.2. The van der Waals surface area contributed by atoms with Gasteiger partial charge in [0.2, 0.25) is 0 Å². The molecule has 10 heteroatoms. The van der Waals surface area contributed by atoms with Gasteiger partial charge in [-0.2, -0.15) is 9.61 Å². The van der Waals surface area contributed by atoms with Crippen molar-refractivity contribution in [2.45, 2.75) is 44.1 Å². The van der Waals surface area contributed by atoms with Crippen molar-refractivity contribution in [2.24, 2.45) is 0 Å². The van der Waals surface area contributed by atoms with Crippen LogP contribution in [0.25, 0.3) is 5.65 Å². The summed E-state index contributed by atoms with van der Waals surface area (Å²) in [5.74, 6) is 1.34. The van der Waals surface area contributed by atoms with Crippen molar-refractivity contribution in [1.29, 1.82) is 0 Å². The number of carbonyl (C=O) groups excluding carboxylic acids is 2. The largest absolute Gasteiger partial charge is 0.483 e. The monoisotopic (exact) mass is 508 g/mol. The zero-order valence-corrected chi connectivity index (χ0v) is 21.0. The van der Waals surface area contributed by atoms with Crippen molar-refractivity contribution in [3.05, 3.63) is 52.3 Å². The molecule has 6 rings (SSSR count). The van der Waals surface area contributed by atoms with Crippen LogP contribution in [-0.2, 0) is 4.79 Å². The van der Waals surface area contributed by atoms with Crippen LogP contribution >= 0.6 is 11.6 Å². The van der Waals surface area contributed by atoms with E-state index in [1.165, 1.54) is 0 Å². The van der Waals surface area contributed by atoms with E-state index in [4.69, 9.17) is 26.4 Å². The van der Waals surface area contributed by atoms with Gasteiger partial charge in [-0.15, -0.1) is 0 Å². The summed E-state index contributed by atoms with van der Waals surface area (Å²) in [5, 5.41) is 8.32. The Balaban J connectivity index is 1.47. The minimum absolute atomic E-state index is 0.175. The van der Waals surface area contributed by atoms with Gasteiger partial charge in [0.05, 0.1) is 17.3 Å². The van der Waals surface area contributed by atoms with E-state index in [0.29, 0.717) is 41.9 Å². The summed E-state index contributed by atoms with van der Waals surface area (Å²) in [6, 6.07) is 8.88. The highest BCUT2D eigenvalue weighted by Gasteiger charge is 2.33. The molecule has 1 aromatic carbocycles. The summed E-state index contributed by atoms with van der Waals surface area (Å²) >= 11 is 6.27. The highest BCUT2D eigenvalue weighted by Crippen LogP contribution is 2.41. The summed E-state index contributed by atoms with van der Waals surface area (Å²) in [6.07, 6.45) is 5.03. The van der Waals surface area contributed by atoms with E-state index in [0.717, 1.165) is 55.0 Å². The molecule has 2 aliphatic heterocycles. The maximum absolute atomic E-state index is 13.9. The molecule has 0 spiro atoms. The van der Waals surface area contributed by atoms with Gasteiger partial charge in [0.15, 0.2) is 12.3 Å². The second-order valence-corrected chi connectivity index (χ2v) is 10.3. The van der Waals surface area contributed by atoms with Crippen LogP contribution < -0.4 is 15.0 Å². The number of nitrogens with zero attached hydrogens (tertiary/aromatic N) is 5. The van der Waals surface area contributed by atoms with Gasteiger partial charge < -0.3 is 19.9 Å². The number of halogens is 1. The lowest BCUT2D eigenvalue weighted by Crippen LogP contribution is -2.39. The van der Waals surface area contributed by atoms with Gasteiger partial charge in [0, 0.05) is 55.4 Å². The van der Waals surface area contributed by atoms with Crippen LogP contribution in [0, 0.1) is 0 Å². The normalized spacial score (nSPS) is 21.2. The number of anilines is 1. The van der Waals surface area contributed by atoms with Gasteiger partial charge in [0.1, 0.15) is 11.6 Å². The molecule has 36 heavy (non-hydrogen) atoms. The molecular formula is C26H29ClN6O3. The van der Waals surface area contributed by atoms with Crippen LogP contribution in [0.3, 0.4) is 0 Å². The Hall–Kier alpha value is -3.33. The SMILES string of the molecule is CN1CCNC(=O)COc2ccc(Cl)cc2C(=O)N2CCCCC2c2cc3nc(C4CC4)cc1n3n2. The van der Waals surface area contributed by atoms with Crippen LogP contribution in [0.5, 0.6) is 5.75 Å². The Morgan fingerprint density at radius 2 is 1.92 bits per heavy atom. The Labute approximate surface area is 214 Å². The van der Waals surface area contributed by atoms with E-state index in [-0.39, 0.29) is 24.5 Å². The first-order chi connectivity index (χ1) is 17.5. The number of nitrogens with one attached hydrogen (secondary N) is 1. The number of amides is 2. The number of aromatic nitrogens is 3. The Bertz CT molecular complexity index is 1340. The first kappa shape index (κ1) is 23.1. The third-order valence-corrected chi connectivity index (χ3v) is 7.47. The maximum Gasteiger partial charge on any atom is 0.258 e. The molecule has 188 valence electrons. The smallest absolute Gasteiger partial charge is 0.258 e. The summed E-state index contributed by atoms with van der Waals surface area (Å²) in [5.41, 5.74) is 3.05. The quantitative estimate of drug-likeness (QED) is 0.540. The van der Waals surface area contributed by atoms with Crippen molar-refractivity contribution in [3.8, 4) is 5.75 Å². The number of hydrogen-bond acceptors (Lipinski definition) is 6. The molecule has 2 aromatic heterocycles. The predicted octanol–water partition coefficient (Wildman–Crippen LogP) is 3.57. The molecule has 0 radical (unpaired) electrons. The molecule has 3 aromatic rings. The molecular weight excluding hydrogens is 480 g/mol. The molecule has 1 unspecified atom stereocenters. The minimum atomic E-state index is -0.250. The lowest BCUT2D eigenvalue weighted by atomic mass is 9.98. The fourth-order valence-corrected chi connectivity index (χ4v) is 5.29. The number of fused-ring (bicyclic) bond motifs is 4. The number of ether oxygens (including phenoxy) is 1. The number of piperidine rings is 1. The number of carbonyl (C=O) groups is 2. The molecule has 1 saturated carbocycles. The highest BCUT2D eigenvalue weighted by atomic mass is 35.5. The zero-order chi connectivity index (χ0) is 24.8. The average molecular weight is 509 g/mol. The van der Waals surface area contributed by atoms with Gasteiger partial charge in [0.25, 0.3) is 11.8 Å². The minimum Gasteiger partial charge on any atom is -0.483 e. The van der Waals surface area contributed by atoms with Gasteiger partial charge >= 0.3 is 0 Å². The number of rotatable bonds is 1. The van der Waals surface area contributed by atoms with Crippen molar-refractivity contribution in [3.63, 3.8) is 0 Å². The second-order valence-electron chi connectivity index (χ2n) is 9.86. The number of likely N-dealkylation sites (N-methyl/N-ethyl adjacent to an activating group) is 1. The van der Waals surface area contributed by atoms with E-state index in [1.807, 2.05) is 22.5 Å². The van der Waals surface area contributed by atoms with Crippen LogP contribution in [-0.4, -0.2) is 64.6 Å². The van der Waals surface area contributed by atoms with Crippen LogP contribution in [0.15, 0.2) is 30.3 Å². The third-order valence-electron chi connectivity index (χ3n) is 7.24. The number of hydrogen-bond donors (Lipinski definition) is 1. The first-order valence-electron chi connectivity index (χ1n) is 12.6. The molecule has 1 atom stereocenters. The molecule has 2 fully saturated rings. The Kier molecular flexibility index (Phi) is 5.95.